The van der Waals surface area contributed by atoms with E-state index in [0.717, 1.165) is 0 Å². The van der Waals surface area contributed by atoms with E-state index in [1.807, 2.05) is 0 Å². The van der Waals surface area contributed by atoms with Crippen LogP contribution >= 0.6 is 0 Å². The van der Waals surface area contributed by atoms with Gasteiger partial charge in [-0.1, -0.05) is 5.11 Å². The Hall–Kier alpha value is -5.27. The van der Waals surface area contributed by atoms with Crippen molar-refractivity contribution in [1.29, 1.82) is 0 Å². The van der Waals surface area contributed by atoms with Gasteiger partial charge in [0.1, 0.15) is 85.5 Å². The molecule has 0 aromatic heterocycles. The van der Waals surface area contributed by atoms with E-state index in [1.54, 1.807) is 111 Å². The van der Waals surface area contributed by atoms with Crippen LogP contribution in [0.15, 0.2) is 5.11 Å². The highest BCUT2D eigenvalue weighted by Crippen LogP contribution is 2.46. The maximum atomic E-state index is 14.7. The first-order valence-corrected chi connectivity index (χ1v) is 34.3. The number of rotatable bonds is 21. The van der Waals surface area contributed by atoms with Gasteiger partial charge in [0, 0.05) is 31.1 Å². The topological polar surface area (TPSA) is 376 Å². The lowest BCUT2D eigenvalue weighted by Gasteiger charge is -2.28. The van der Waals surface area contributed by atoms with E-state index >= 15 is 0 Å². The Morgan fingerprint density at radius 3 is 0.779 bits per heavy atom. The molecule has 4 N–H and O–H groups in total. The van der Waals surface area contributed by atoms with Crippen LogP contribution in [-0.2, 0) is 119 Å². The fourth-order valence-corrected chi connectivity index (χ4v) is 14.8. The third-order valence-electron chi connectivity index (χ3n) is 18.2. The summed E-state index contributed by atoms with van der Waals surface area (Å²) in [6.07, 6.45) is -23.8. The summed E-state index contributed by atoms with van der Waals surface area (Å²) >= 11 is 0. The average Bonchev–Trinajstić information content (AvgIpc) is 1.61. The van der Waals surface area contributed by atoms with Crippen molar-refractivity contribution in [3.05, 3.63) is 39.5 Å². The molecular weight excluding hydrogens is 1400 g/mol. The van der Waals surface area contributed by atoms with Crippen LogP contribution in [0, 0.1) is 29.1 Å². The molecule has 33 nitrogen and oxygen atoms in total. The molecule has 0 saturated carbocycles. The number of benzene rings is 1. The number of hydrogen-bond acceptors (Lipinski definition) is 27. The first-order chi connectivity index (χ1) is 47.9. The fourth-order valence-electron chi connectivity index (χ4n) is 14.8. The summed E-state index contributed by atoms with van der Waals surface area (Å²) in [7, 11) is 0. The lowest BCUT2D eigenvalue weighted by molar-refractivity contribution is -0.175. The second kappa shape index (κ2) is 28.3. The molecule has 1 aromatic carbocycles. The van der Waals surface area contributed by atoms with Crippen molar-refractivity contribution in [2.45, 2.75) is 318 Å². The van der Waals surface area contributed by atoms with E-state index in [4.69, 9.17) is 105 Å². The molecule has 0 aliphatic carbocycles. The highest BCUT2D eigenvalue weighted by Gasteiger charge is 2.63. The van der Waals surface area contributed by atoms with Crippen molar-refractivity contribution in [3.63, 3.8) is 0 Å². The molecule has 1 aromatic rings. The fraction of sp³-hybridized carbons (Fsp3) is 0.833. The summed E-state index contributed by atoms with van der Waals surface area (Å²) in [5, 5.41) is 15.2. The number of nitrogens with one attached hydrogen (secondary N) is 4. The third-order valence-corrected chi connectivity index (χ3v) is 18.2. The van der Waals surface area contributed by atoms with Gasteiger partial charge in [-0.3, -0.25) is 19.2 Å². The molecule has 0 radical (unpaired) electrons. The van der Waals surface area contributed by atoms with E-state index in [9.17, 15) is 45.9 Å². The molecule has 10 fully saturated rings. The summed E-state index contributed by atoms with van der Waals surface area (Å²) in [4.78, 5) is 74.6. The van der Waals surface area contributed by atoms with Gasteiger partial charge in [-0.15, -0.1) is 0 Å². The second-order valence-corrected chi connectivity index (χ2v) is 31.5. The molecule has 20 atom stereocenters. The predicted molar refractivity (Wildman–Crippen MR) is 336 cm³/mol. The number of carbonyl (C=O) groups is 5. The van der Waals surface area contributed by atoms with Gasteiger partial charge in [0.05, 0.1) is 12.6 Å². The number of halogens is 5. The van der Waals surface area contributed by atoms with Crippen molar-refractivity contribution in [1.82, 2.24) is 21.3 Å². The minimum Gasteiger partial charge on any atom is -0.418 e. The van der Waals surface area contributed by atoms with Crippen LogP contribution in [-0.4, -0.2) is 242 Å². The van der Waals surface area contributed by atoms with E-state index in [-0.39, 0.29) is 32.7 Å². The van der Waals surface area contributed by atoms with Crippen LogP contribution in [0.2, 0.25) is 0 Å². The molecule has 38 heteroatoms. The number of ether oxygens (including phenoxy) is 21. The Morgan fingerprint density at radius 1 is 0.317 bits per heavy atom. The van der Waals surface area contributed by atoms with Crippen molar-refractivity contribution < 1.29 is 145 Å². The second-order valence-electron chi connectivity index (χ2n) is 31.5. The van der Waals surface area contributed by atoms with E-state index in [1.165, 1.54) is 27.7 Å². The molecule has 0 unspecified atom stereocenters. The quantitative estimate of drug-likeness (QED) is 0.0195. The molecule has 4 amide bonds. The minimum atomic E-state index is -2.47. The number of amides is 4. The van der Waals surface area contributed by atoms with Gasteiger partial charge in [0.2, 0.25) is 34.8 Å². The maximum absolute atomic E-state index is 14.7. The summed E-state index contributed by atoms with van der Waals surface area (Å²) in [6, 6.07) is 0. The molecule has 10 heterocycles. The lowest BCUT2D eigenvalue weighted by Crippen LogP contribution is -2.55. The Kier molecular flexibility index (Phi) is 21.7. The first kappa shape index (κ1) is 79.8. The summed E-state index contributed by atoms with van der Waals surface area (Å²) in [5.41, 5.74) is 9.09. The monoisotopic (exact) mass is 1500 g/mol. The van der Waals surface area contributed by atoms with Crippen LogP contribution in [0.3, 0.4) is 0 Å². The normalized spacial score (nSPS) is 38.4. The number of nitrogens with zero attached hydrogens (tertiary/aromatic N) is 3. The minimum absolute atomic E-state index is 0.101. The lowest BCUT2D eigenvalue weighted by atomic mass is 10.00. The molecule has 584 valence electrons. The average molecular weight is 1500 g/mol. The van der Waals surface area contributed by atoms with Gasteiger partial charge in [-0.25, -0.2) is 18.0 Å². The Labute approximate surface area is 596 Å². The highest BCUT2D eigenvalue weighted by molar-refractivity contribution is 5.84. The van der Waals surface area contributed by atoms with Crippen LogP contribution < -0.4 is 26.0 Å². The first-order valence-electron chi connectivity index (χ1n) is 34.3. The van der Waals surface area contributed by atoms with Crippen molar-refractivity contribution in [3.8, 4) is 5.75 Å². The number of carbonyl (C=O) groups excluding carboxylic acids is 5. The molecular formula is C66H94F5N7O26. The van der Waals surface area contributed by atoms with Crippen LogP contribution in [0.4, 0.5) is 22.0 Å². The van der Waals surface area contributed by atoms with E-state index < -0.39 is 244 Å². The summed E-state index contributed by atoms with van der Waals surface area (Å²) in [5.74, 6) is -31.6. The van der Waals surface area contributed by atoms with Crippen LogP contribution in [0.25, 0.3) is 10.4 Å². The van der Waals surface area contributed by atoms with Gasteiger partial charge < -0.3 is 121 Å². The zero-order valence-corrected chi connectivity index (χ0v) is 61.4. The van der Waals surface area contributed by atoms with Crippen molar-refractivity contribution in [2.24, 2.45) is 5.11 Å². The Morgan fingerprint density at radius 2 is 0.519 bits per heavy atom. The van der Waals surface area contributed by atoms with Crippen molar-refractivity contribution in [2.75, 3.05) is 32.7 Å². The Bertz CT molecular complexity index is 3480. The largest absolute Gasteiger partial charge is 0.418 e. The summed E-state index contributed by atoms with van der Waals surface area (Å²) in [6.45, 7) is 30.7. The highest BCUT2D eigenvalue weighted by atomic mass is 19.2. The maximum Gasteiger partial charge on any atom is 0.343 e. The molecule has 0 spiro atoms. The van der Waals surface area contributed by atoms with Gasteiger partial charge >= 0.3 is 5.97 Å². The molecule has 11 rings (SSSR count). The molecule has 10 saturated heterocycles. The number of hydrogen-bond donors (Lipinski definition) is 4. The van der Waals surface area contributed by atoms with Gasteiger partial charge in [-0.2, -0.15) is 8.78 Å². The predicted octanol–water partition coefficient (Wildman–Crippen LogP) is 4.26. The van der Waals surface area contributed by atoms with Crippen LogP contribution in [0.1, 0.15) is 138 Å². The van der Waals surface area contributed by atoms with E-state index in [0.29, 0.717) is 0 Å². The zero-order valence-electron chi connectivity index (χ0n) is 61.4. The van der Waals surface area contributed by atoms with E-state index in [2.05, 4.69) is 31.3 Å². The smallest absolute Gasteiger partial charge is 0.343 e. The Balaban J connectivity index is 0.730. The van der Waals surface area contributed by atoms with Crippen LogP contribution in [0.5, 0.6) is 5.75 Å². The van der Waals surface area contributed by atoms with Gasteiger partial charge in [0.15, 0.2) is 88.4 Å². The SMILES string of the molecule is CC1(C)O[C@H]([C@@H]2OC(C)(C)O[C@H]2C(=O)NC[C@H]2OC(C)(C)O[C@@H]2[C@@H]2OC(C)(C)O[C@H]2C(=O)NC[C@H]2OC(C)(C)O[C@@H]2[C@@H]2OC(C)(C)O[C@H]2C(=O)NC[C@H]2OC(C)(C)O[C@@H]2[C@@H]2OC(C)(C)O[C@H]2C(=O)NC[C@H]2OC(C)(C)O[C@@H]2[C@@H]2OC(C)(C)O[C@H]2C(=O)Oc2c(F)c(F)c(F)c(F)c2F)[C@@H](CN=[N+]=[N-])O1. The summed E-state index contributed by atoms with van der Waals surface area (Å²) < 4.78 is 201. The number of azide groups is 1. The van der Waals surface area contributed by atoms with Gasteiger partial charge in [0.25, 0.3) is 23.6 Å². The van der Waals surface area contributed by atoms with Crippen molar-refractivity contribution >= 4 is 29.6 Å². The standard InChI is InChI=1S/C66H94F5N7O26/c1-57(2)85-26(21-73-53(80)48-43(96-63(13,14)101-48)38-28(87-59(5,6)92-38)23-75-55(82)50-45(98-65(17,18)103-50)40-30(25-77-78-72)89-61(9,10)94-40)36(90-57)42-47(100-62(11,12)95-42)52(79)74-22-27-37(91-58(3,4)86-27)44-49(102-64(15,16)97-44)54(81)76-24-29-39(93-60(7,8)88-29)46-51(104-66(19,20)99-46)56(83)84-41-34(70)32(68)31(67)33(69)35(41)71/h26-30,36-40,42-51H,21-25H2,1-20H3,(H,73,80)(H,74,79)(H,75,82)(H,76,81)/t26-,27-,28-,29-,30-,36+,37+,38+,39+,40+,42+,43+,44+,45+,46+,47-,48-,49-,50-,51-/m1/s1. The molecule has 104 heavy (non-hydrogen) atoms. The third kappa shape index (κ3) is 17.2. The molecule has 10 aliphatic heterocycles. The van der Waals surface area contributed by atoms with Gasteiger partial charge in [-0.05, 0) is 144 Å². The molecule has 10 aliphatic rings. The number of esters is 1. The molecule has 0 bridgehead atoms. The zero-order chi connectivity index (χ0) is 76.5.